The van der Waals surface area contributed by atoms with Gasteiger partial charge in [0, 0.05) is 4.88 Å². The van der Waals surface area contributed by atoms with Gasteiger partial charge in [0.25, 0.3) is 5.91 Å². The van der Waals surface area contributed by atoms with E-state index in [0.717, 1.165) is 21.0 Å². The van der Waals surface area contributed by atoms with Gasteiger partial charge < -0.3 is 10.6 Å². The quantitative estimate of drug-likeness (QED) is 0.807. The number of amides is 4. The molecule has 7 nitrogen and oxygen atoms in total. The molecule has 2 aromatic rings. The number of benzene rings is 1. The van der Waals surface area contributed by atoms with Gasteiger partial charge >= 0.3 is 6.03 Å². The molecule has 1 unspecified atom stereocenters. The molecule has 1 aliphatic rings. The van der Waals surface area contributed by atoms with E-state index in [-0.39, 0.29) is 6.54 Å². The van der Waals surface area contributed by atoms with Crippen LogP contribution < -0.4 is 10.6 Å². The van der Waals surface area contributed by atoms with Crippen molar-refractivity contribution in [2.75, 3.05) is 11.9 Å². The van der Waals surface area contributed by atoms with Crippen molar-refractivity contribution in [3.8, 4) is 0 Å². The van der Waals surface area contributed by atoms with Crippen LogP contribution >= 0.6 is 11.3 Å². The van der Waals surface area contributed by atoms with Crippen molar-refractivity contribution in [3.05, 3.63) is 46.0 Å². The van der Waals surface area contributed by atoms with Gasteiger partial charge in [0.1, 0.15) is 12.1 Å². The fourth-order valence-electron chi connectivity index (χ4n) is 2.75. The van der Waals surface area contributed by atoms with E-state index in [0.29, 0.717) is 10.7 Å². The Bertz CT molecular complexity index is 871. The number of aryl methyl sites for hydroxylation is 3. The molecule has 2 heterocycles. The number of imide groups is 1. The molecule has 1 aliphatic heterocycles. The maximum absolute atomic E-state index is 12.8. The van der Waals surface area contributed by atoms with Crippen LogP contribution in [-0.4, -0.2) is 34.3 Å². The molecule has 1 saturated heterocycles. The molecule has 0 spiro atoms. The number of urea groups is 1. The summed E-state index contributed by atoms with van der Waals surface area (Å²) in [5.74, 6) is -0.914. The van der Waals surface area contributed by atoms with E-state index in [1.165, 1.54) is 11.3 Å². The average Bonchev–Trinajstić information content (AvgIpc) is 2.99. The fraction of sp³-hybridized carbons (Fsp3) is 0.333. The molecule has 136 valence electrons. The molecule has 2 N–H and O–H groups in total. The first-order valence-corrected chi connectivity index (χ1v) is 8.97. The summed E-state index contributed by atoms with van der Waals surface area (Å²) in [5.41, 5.74) is 1.39. The van der Waals surface area contributed by atoms with Crippen LogP contribution in [0.5, 0.6) is 0 Å². The summed E-state index contributed by atoms with van der Waals surface area (Å²) >= 11 is 1.35. The molecule has 26 heavy (non-hydrogen) atoms. The predicted octanol–water partition coefficient (Wildman–Crippen LogP) is 2.47. The Morgan fingerprint density at radius 3 is 2.46 bits per heavy atom. The van der Waals surface area contributed by atoms with Crippen molar-refractivity contribution in [2.45, 2.75) is 33.2 Å². The first-order chi connectivity index (χ1) is 12.2. The third-order valence-corrected chi connectivity index (χ3v) is 5.47. The highest BCUT2D eigenvalue weighted by Crippen LogP contribution is 2.29. The summed E-state index contributed by atoms with van der Waals surface area (Å²) in [6, 6.07) is 6.78. The molecule has 3 rings (SSSR count). The molecule has 0 radical (unpaired) electrons. The van der Waals surface area contributed by atoms with E-state index in [1.807, 2.05) is 32.9 Å². The van der Waals surface area contributed by atoms with Crippen LogP contribution in [0.2, 0.25) is 0 Å². The second kappa shape index (κ2) is 6.53. The lowest BCUT2D eigenvalue weighted by molar-refractivity contribution is -0.133. The van der Waals surface area contributed by atoms with E-state index in [4.69, 9.17) is 0 Å². The van der Waals surface area contributed by atoms with E-state index in [2.05, 4.69) is 15.6 Å². The lowest BCUT2D eigenvalue weighted by Crippen LogP contribution is -2.42. The van der Waals surface area contributed by atoms with Crippen LogP contribution in [0.3, 0.4) is 0 Å². The Kier molecular flexibility index (Phi) is 4.53. The SMILES string of the molecule is Cc1ccc(C2(C)NC(=O)N(CC(=O)Nc3nc(C)c(C)s3)C2=O)cc1. The van der Waals surface area contributed by atoms with Gasteiger partial charge in [0.2, 0.25) is 5.91 Å². The number of carbonyl (C=O) groups is 3. The smallest absolute Gasteiger partial charge is 0.319 e. The zero-order valence-corrected chi connectivity index (χ0v) is 15.9. The highest BCUT2D eigenvalue weighted by Gasteiger charge is 2.49. The first-order valence-electron chi connectivity index (χ1n) is 8.16. The second-order valence-electron chi connectivity index (χ2n) is 6.52. The van der Waals surface area contributed by atoms with Gasteiger partial charge in [-0.15, -0.1) is 11.3 Å². The lowest BCUT2D eigenvalue weighted by atomic mass is 9.91. The maximum Gasteiger partial charge on any atom is 0.325 e. The number of nitrogens with zero attached hydrogens (tertiary/aromatic N) is 2. The van der Waals surface area contributed by atoms with Crippen molar-refractivity contribution in [2.24, 2.45) is 0 Å². The maximum atomic E-state index is 12.8. The van der Waals surface area contributed by atoms with Crippen LogP contribution in [-0.2, 0) is 15.1 Å². The molecular formula is C18H20N4O3S. The third-order valence-electron chi connectivity index (χ3n) is 4.48. The summed E-state index contributed by atoms with van der Waals surface area (Å²) in [4.78, 5) is 43.5. The Hall–Kier alpha value is -2.74. The second-order valence-corrected chi connectivity index (χ2v) is 7.72. The predicted molar refractivity (Wildman–Crippen MR) is 99.0 cm³/mol. The van der Waals surface area contributed by atoms with Crippen LogP contribution in [0.25, 0.3) is 0 Å². The minimum Gasteiger partial charge on any atom is -0.319 e. The van der Waals surface area contributed by atoms with Gasteiger partial charge in [-0.05, 0) is 33.3 Å². The number of carbonyl (C=O) groups excluding carboxylic acids is 3. The molecule has 8 heteroatoms. The Labute approximate surface area is 155 Å². The standard InChI is InChI=1S/C18H20N4O3S/c1-10-5-7-13(8-6-10)18(4)15(24)22(17(25)21-18)9-14(23)20-16-19-11(2)12(3)26-16/h5-8H,9H2,1-4H3,(H,21,25)(H,19,20,23). The van der Waals surface area contributed by atoms with Crippen LogP contribution in [0.1, 0.15) is 28.6 Å². The molecular weight excluding hydrogens is 352 g/mol. The summed E-state index contributed by atoms with van der Waals surface area (Å²) < 4.78 is 0. The van der Waals surface area contributed by atoms with E-state index >= 15 is 0 Å². The first kappa shape index (κ1) is 18.1. The zero-order chi connectivity index (χ0) is 19.1. The topological polar surface area (TPSA) is 91.4 Å². The van der Waals surface area contributed by atoms with Gasteiger partial charge in [0.05, 0.1) is 5.69 Å². The summed E-state index contributed by atoms with van der Waals surface area (Å²) in [6.07, 6.45) is 0. The van der Waals surface area contributed by atoms with Crippen molar-refractivity contribution in [1.82, 2.24) is 15.2 Å². The van der Waals surface area contributed by atoms with Gasteiger partial charge in [-0.2, -0.15) is 0 Å². The number of aromatic nitrogens is 1. The summed E-state index contributed by atoms with van der Waals surface area (Å²) in [7, 11) is 0. The normalized spacial score (nSPS) is 19.6. The van der Waals surface area contributed by atoms with Crippen molar-refractivity contribution in [1.29, 1.82) is 0 Å². The van der Waals surface area contributed by atoms with E-state index in [1.54, 1.807) is 19.1 Å². The summed E-state index contributed by atoms with van der Waals surface area (Å²) in [6.45, 7) is 6.99. The minimum atomic E-state index is -1.18. The van der Waals surface area contributed by atoms with Gasteiger partial charge in [-0.1, -0.05) is 29.8 Å². The van der Waals surface area contributed by atoms with Crippen LogP contribution in [0.15, 0.2) is 24.3 Å². The number of hydrogen-bond acceptors (Lipinski definition) is 5. The van der Waals surface area contributed by atoms with Crippen molar-refractivity contribution < 1.29 is 14.4 Å². The summed E-state index contributed by atoms with van der Waals surface area (Å²) in [5, 5.41) is 5.79. The number of nitrogens with one attached hydrogen (secondary N) is 2. The Morgan fingerprint density at radius 1 is 1.23 bits per heavy atom. The number of rotatable bonds is 4. The van der Waals surface area contributed by atoms with Gasteiger partial charge in [-0.25, -0.2) is 9.78 Å². The minimum absolute atomic E-state index is 0.357. The average molecular weight is 372 g/mol. The van der Waals surface area contributed by atoms with Crippen molar-refractivity contribution >= 4 is 34.3 Å². The highest BCUT2D eigenvalue weighted by molar-refractivity contribution is 7.15. The molecule has 0 bridgehead atoms. The fourth-order valence-corrected chi connectivity index (χ4v) is 3.58. The molecule has 1 aromatic carbocycles. The highest BCUT2D eigenvalue weighted by atomic mass is 32.1. The zero-order valence-electron chi connectivity index (χ0n) is 15.0. The van der Waals surface area contributed by atoms with Gasteiger partial charge in [0.15, 0.2) is 5.13 Å². The largest absolute Gasteiger partial charge is 0.325 e. The van der Waals surface area contributed by atoms with E-state index in [9.17, 15) is 14.4 Å². The monoisotopic (exact) mass is 372 g/mol. The van der Waals surface area contributed by atoms with Crippen molar-refractivity contribution in [3.63, 3.8) is 0 Å². The number of hydrogen-bond donors (Lipinski definition) is 2. The molecule has 1 atom stereocenters. The molecule has 1 aromatic heterocycles. The Morgan fingerprint density at radius 2 is 1.88 bits per heavy atom. The van der Waals surface area contributed by atoms with Gasteiger partial charge in [-0.3, -0.25) is 14.5 Å². The number of thiazole rings is 1. The molecule has 0 aliphatic carbocycles. The third kappa shape index (κ3) is 3.20. The molecule has 1 fully saturated rings. The Balaban J connectivity index is 1.74. The lowest BCUT2D eigenvalue weighted by Gasteiger charge is -2.22. The van der Waals surface area contributed by atoms with Crippen LogP contribution in [0, 0.1) is 20.8 Å². The number of anilines is 1. The molecule has 4 amide bonds. The van der Waals surface area contributed by atoms with E-state index < -0.39 is 23.4 Å². The molecule has 0 saturated carbocycles. The van der Waals surface area contributed by atoms with Crippen LogP contribution in [0.4, 0.5) is 9.93 Å².